The number of aryl methyl sites for hydroxylation is 2. The van der Waals surface area contributed by atoms with Gasteiger partial charge in [0, 0.05) is 13.0 Å². The van der Waals surface area contributed by atoms with E-state index in [1.807, 2.05) is 56.3 Å². The lowest BCUT2D eigenvalue weighted by molar-refractivity contribution is -0.159. The Labute approximate surface area is 280 Å². The lowest BCUT2D eigenvalue weighted by Gasteiger charge is -2.35. The molecule has 0 spiro atoms. The minimum atomic E-state index is -1.37. The van der Waals surface area contributed by atoms with Gasteiger partial charge in [-0.25, -0.2) is 9.59 Å². The average molecular weight is 654 g/mol. The Morgan fingerprint density at radius 3 is 2.00 bits per heavy atom. The number of esters is 1. The van der Waals surface area contributed by atoms with Gasteiger partial charge in [-0.05, 0) is 84.1 Å². The number of alkyl carbamates (subject to hydrolysis) is 1. The van der Waals surface area contributed by atoms with Crippen LogP contribution in [0.15, 0.2) is 48.5 Å². The van der Waals surface area contributed by atoms with Crippen LogP contribution in [0.4, 0.5) is 4.79 Å². The zero-order valence-electron chi connectivity index (χ0n) is 29.6. The molecule has 2 rings (SSSR count). The monoisotopic (exact) mass is 653 g/mol. The van der Waals surface area contributed by atoms with E-state index >= 15 is 0 Å². The molecule has 47 heavy (non-hydrogen) atoms. The second-order valence-corrected chi connectivity index (χ2v) is 14.0. The number of nitrogens with zero attached hydrogens (tertiary/aromatic N) is 1. The number of aliphatic hydroxyl groups excluding tert-OH is 1. The lowest BCUT2D eigenvalue weighted by Crippen LogP contribution is -2.56. The van der Waals surface area contributed by atoms with E-state index in [-0.39, 0.29) is 13.0 Å². The van der Waals surface area contributed by atoms with E-state index < -0.39 is 59.8 Å². The summed E-state index contributed by atoms with van der Waals surface area (Å²) in [4.78, 5) is 56.3. The van der Waals surface area contributed by atoms with Crippen LogP contribution in [0.5, 0.6) is 0 Å². The van der Waals surface area contributed by atoms with E-state index in [0.717, 1.165) is 36.0 Å². The van der Waals surface area contributed by atoms with Gasteiger partial charge in [-0.2, -0.15) is 0 Å². The van der Waals surface area contributed by atoms with E-state index in [4.69, 9.17) is 9.47 Å². The van der Waals surface area contributed by atoms with Crippen molar-refractivity contribution < 1.29 is 33.8 Å². The summed E-state index contributed by atoms with van der Waals surface area (Å²) in [6.45, 7) is 15.8. The van der Waals surface area contributed by atoms with Crippen LogP contribution < -0.4 is 10.6 Å². The second kappa shape index (κ2) is 17.8. The van der Waals surface area contributed by atoms with E-state index in [0.29, 0.717) is 12.0 Å². The van der Waals surface area contributed by atoms with Crippen molar-refractivity contribution in [2.45, 2.75) is 124 Å². The van der Waals surface area contributed by atoms with E-state index in [1.165, 1.54) is 4.90 Å². The fourth-order valence-corrected chi connectivity index (χ4v) is 4.99. The van der Waals surface area contributed by atoms with Gasteiger partial charge in [0.25, 0.3) is 0 Å². The molecule has 2 aromatic carbocycles. The number of unbranched alkanes of at least 4 members (excludes halogenated alkanes) is 3. The van der Waals surface area contributed by atoms with Crippen LogP contribution in [0.2, 0.25) is 0 Å². The van der Waals surface area contributed by atoms with Crippen molar-refractivity contribution in [3.63, 3.8) is 0 Å². The minimum absolute atomic E-state index is 0.172. The summed E-state index contributed by atoms with van der Waals surface area (Å²) in [5.74, 6) is -1.84. The number of carbonyl (C=O) groups is 4. The number of hydrogen-bond acceptors (Lipinski definition) is 7. The van der Waals surface area contributed by atoms with Crippen LogP contribution in [0.3, 0.4) is 0 Å². The fourth-order valence-electron chi connectivity index (χ4n) is 4.99. The number of nitrogens with one attached hydrogen (secondary N) is 2. The molecule has 260 valence electrons. The molecule has 10 nitrogen and oxygen atoms in total. The molecule has 0 aliphatic carbocycles. The van der Waals surface area contributed by atoms with Gasteiger partial charge in [-0.1, -0.05) is 74.7 Å². The third-order valence-corrected chi connectivity index (χ3v) is 7.40. The summed E-state index contributed by atoms with van der Waals surface area (Å²) < 4.78 is 11.1. The molecule has 3 N–H and O–H groups in total. The maximum Gasteiger partial charge on any atom is 0.408 e. The van der Waals surface area contributed by atoms with Crippen molar-refractivity contribution in [1.29, 1.82) is 0 Å². The van der Waals surface area contributed by atoms with Crippen LogP contribution in [0, 0.1) is 13.8 Å². The highest BCUT2D eigenvalue weighted by Gasteiger charge is 2.38. The molecule has 0 radical (unpaired) electrons. The molecule has 3 atom stereocenters. The molecule has 3 unspecified atom stereocenters. The summed E-state index contributed by atoms with van der Waals surface area (Å²) in [5, 5.41) is 15.7. The summed E-state index contributed by atoms with van der Waals surface area (Å²) in [7, 11) is 0. The molecule has 0 heterocycles. The SMILES string of the molecule is CCCCCCN(C(=O)C(CO)NC(=O)OC(C)(C)C)C(C(=O)NC(Cc1ccccc1)C(=O)OC(C)(C)C)c1ccc(C)c(C)c1. The molecule has 0 bridgehead atoms. The number of carbonyl (C=O) groups excluding carboxylic acids is 4. The standard InChI is InChI=1S/C37H55N3O7/c1-10-11-12-16-21-40(33(43)30(24-41)39-35(45)47-37(7,8)9)31(28-20-19-25(2)26(3)22-28)32(42)38-29(34(44)46-36(4,5)6)23-27-17-14-13-15-18-27/h13-15,17-20,22,29-31,41H,10-12,16,21,23-24H2,1-9H3,(H,38,42)(H,39,45). The first-order chi connectivity index (χ1) is 22.0. The molecule has 0 aromatic heterocycles. The zero-order chi connectivity index (χ0) is 35.4. The molecular formula is C37H55N3O7. The number of hydrogen-bond donors (Lipinski definition) is 3. The van der Waals surface area contributed by atoms with Crippen molar-refractivity contribution in [1.82, 2.24) is 15.5 Å². The van der Waals surface area contributed by atoms with Gasteiger partial charge in [-0.3, -0.25) is 9.59 Å². The quantitative estimate of drug-likeness (QED) is 0.166. The van der Waals surface area contributed by atoms with E-state index in [1.54, 1.807) is 47.6 Å². The maximum absolute atomic E-state index is 14.5. The third kappa shape index (κ3) is 13.4. The Hall–Kier alpha value is -3.92. The minimum Gasteiger partial charge on any atom is -0.458 e. The largest absolute Gasteiger partial charge is 0.458 e. The van der Waals surface area contributed by atoms with Gasteiger partial charge in [0.15, 0.2) is 0 Å². The van der Waals surface area contributed by atoms with E-state index in [2.05, 4.69) is 17.6 Å². The van der Waals surface area contributed by atoms with Gasteiger partial charge >= 0.3 is 12.1 Å². The summed E-state index contributed by atoms with van der Waals surface area (Å²) in [5.41, 5.74) is 1.64. The molecule has 0 fully saturated rings. The first kappa shape index (κ1) is 39.3. The third-order valence-electron chi connectivity index (χ3n) is 7.40. The molecule has 0 aliphatic heterocycles. The van der Waals surface area contributed by atoms with Gasteiger partial charge in [0.1, 0.15) is 29.3 Å². The normalized spacial score (nSPS) is 13.6. The highest BCUT2D eigenvalue weighted by atomic mass is 16.6. The van der Waals surface area contributed by atoms with Crippen LogP contribution in [0.1, 0.15) is 102 Å². The molecule has 10 heteroatoms. The maximum atomic E-state index is 14.5. The molecule has 0 saturated heterocycles. The first-order valence-corrected chi connectivity index (χ1v) is 16.5. The zero-order valence-corrected chi connectivity index (χ0v) is 29.6. The topological polar surface area (TPSA) is 134 Å². The Morgan fingerprint density at radius 1 is 0.809 bits per heavy atom. The number of rotatable bonds is 15. The predicted octanol–water partition coefficient (Wildman–Crippen LogP) is 5.71. The molecule has 0 saturated carbocycles. The Morgan fingerprint density at radius 2 is 1.45 bits per heavy atom. The Kier molecular flexibility index (Phi) is 14.9. The summed E-state index contributed by atoms with van der Waals surface area (Å²) >= 11 is 0. The van der Waals surface area contributed by atoms with Crippen molar-refractivity contribution in [3.05, 3.63) is 70.8 Å². The second-order valence-electron chi connectivity index (χ2n) is 14.0. The van der Waals surface area contributed by atoms with Gasteiger partial charge in [0.05, 0.1) is 6.61 Å². The van der Waals surface area contributed by atoms with Crippen LogP contribution >= 0.6 is 0 Å². The number of aliphatic hydroxyl groups is 1. The molecule has 2 aromatic rings. The highest BCUT2D eigenvalue weighted by Crippen LogP contribution is 2.26. The molecule has 0 aliphatic rings. The van der Waals surface area contributed by atoms with Crippen molar-refractivity contribution in [2.75, 3.05) is 13.2 Å². The van der Waals surface area contributed by atoms with Crippen LogP contribution in [-0.4, -0.2) is 70.3 Å². The van der Waals surface area contributed by atoms with Gasteiger partial charge in [0.2, 0.25) is 11.8 Å². The van der Waals surface area contributed by atoms with E-state index in [9.17, 15) is 24.3 Å². The van der Waals surface area contributed by atoms with Crippen molar-refractivity contribution >= 4 is 23.9 Å². The fraction of sp³-hybridized carbons (Fsp3) is 0.568. The Balaban J connectivity index is 2.61. The number of ether oxygens (including phenoxy) is 2. The van der Waals surface area contributed by atoms with Crippen LogP contribution in [0.25, 0.3) is 0 Å². The Bertz CT molecular complexity index is 1330. The van der Waals surface area contributed by atoms with Crippen molar-refractivity contribution in [3.8, 4) is 0 Å². The van der Waals surface area contributed by atoms with Crippen molar-refractivity contribution in [2.24, 2.45) is 0 Å². The number of amides is 3. The summed E-state index contributed by atoms with van der Waals surface area (Å²) in [6, 6.07) is 11.2. The lowest BCUT2D eigenvalue weighted by atomic mass is 9.97. The highest BCUT2D eigenvalue weighted by molar-refractivity contribution is 5.94. The average Bonchev–Trinajstić information content (AvgIpc) is 2.97. The van der Waals surface area contributed by atoms with Gasteiger partial charge in [-0.15, -0.1) is 0 Å². The summed E-state index contributed by atoms with van der Waals surface area (Å²) in [6.07, 6.45) is 2.59. The first-order valence-electron chi connectivity index (χ1n) is 16.5. The van der Waals surface area contributed by atoms with Gasteiger partial charge < -0.3 is 30.1 Å². The number of benzene rings is 2. The van der Waals surface area contributed by atoms with Crippen LogP contribution in [-0.2, 0) is 30.3 Å². The molecular weight excluding hydrogens is 598 g/mol. The predicted molar refractivity (Wildman–Crippen MR) is 183 cm³/mol. The smallest absolute Gasteiger partial charge is 0.408 e. The molecule has 3 amide bonds.